The number of carbonyl (C=O) groups is 2. The molecule has 0 aromatic heterocycles. The standard InChI is InChI=1S/C23H28N2O4/c1-4-25-15-18(14-22(25)26)23(27)24-21(17-7-11-20(29-3)12-8-17)13-16-5-9-19(28-2)10-6-16/h5-12,18,21H,4,13-15H2,1-3H3,(H,24,27)/t18-,21+/m1/s1. The molecule has 1 aliphatic heterocycles. The van der Waals surface area contributed by atoms with E-state index in [4.69, 9.17) is 9.47 Å². The molecule has 0 aliphatic carbocycles. The van der Waals surface area contributed by atoms with Crippen LogP contribution in [-0.2, 0) is 16.0 Å². The van der Waals surface area contributed by atoms with Crippen molar-refractivity contribution >= 4 is 11.8 Å². The number of ether oxygens (including phenoxy) is 2. The second-order valence-electron chi connectivity index (χ2n) is 7.22. The molecule has 0 unspecified atom stereocenters. The summed E-state index contributed by atoms with van der Waals surface area (Å²) >= 11 is 0. The van der Waals surface area contributed by atoms with Crippen LogP contribution in [0, 0.1) is 5.92 Å². The van der Waals surface area contributed by atoms with Gasteiger partial charge in [0, 0.05) is 19.5 Å². The van der Waals surface area contributed by atoms with Crippen LogP contribution in [0.4, 0.5) is 0 Å². The highest BCUT2D eigenvalue weighted by Gasteiger charge is 2.34. The SMILES string of the molecule is CCN1C[C@H](C(=O)N[C@@H](Cc2ccc(OC)cc2)c2ccc(OC)cc2)CC1=O. The summed E-state index contributed by atoms with van der Waals surface area (Å²) in [5.74, 6) is 1.22. The first-order chi connectivity index (χ1) is 14.0. The smallest absolute Gasteiger partial charge is 0.225 e. The van der Waals surface area contributed by atoms with Gasteiger partial charge in [0.25, 0.3) is 0 Å². The normalized spacial score (nSPS) is 17.1. The Bertz CT molecular complexity index is 833. The van der Waals surface area contributed by atoms with Gasteiger partial charge in [-0.2, -0.15) is 0 Å². The number of hydrogen-bond donors (Lipinski definition) is 1. The molecular weight excluding hydrogens is 368 g/mol. The molecule has 2 amide bonds. The molecule has 29 heavy (non-hydrogen) atoms. The van der Waals surface area contributed by atoms with Crippen molar-refractivity contribution in [1.29, 1.82) is 0 Å². The van der Waals surface area contributed by atoms with E-state index in [0.29, 0.717) is 19.5 Å². The van der Waals surface area contributed by atoms with Crippen molar-refractivity contribution in [2.75, 3.05) is 27.3 Å². The molecule has 3 rings (SSSR count). The van der Waals surface area contributed by atoms with E-state index in [9.17, 15) is 9.59 Å². The molecule has 154 valence electrons. The average Bonchev–Trinajstić information content (AvgIpc) is 3.14. The van der Waals surface area contributed by atoms with Crippen LogP contribution in [0.1, 0.15) is 30.5 Å². The molecule has 2 aromatic carbocycles. The maximum Gasteiger partial charge on any atom is 0.225 e. The second-order valence-corrected chi connectivity index (χ2v) is 7.22. The van der Waals surface area contributed by atoms with Crippen molar-refractivity contribution in [3.63, 3.8) is 0 Å². The molecule has 0 spiro atoms. The molecule has 0 bridgehead atoms. The van der Waals surface area contributed by atoms with Crippen molar-refractivity contribution < 1.29 is 19.1 Å². The molecule has 1 saturated heterocycles. The third-order valence-electron chi connectivity index (χ3n) is 5.40. The summed E-state index contributed by atoms with van der Waals surface area (Å²) in [5, 5.41) is 3.17. The summed E-state index contributed by atoms with van der Waals surface area (Å²) in [4.78, 5) is 26.7. The molecule has 1 N–H and O–H groups in total. The molecule has 1 heterocycles. The van der Waals surface area contributed by atoms with Crippen molar-refractivity contribution in [2.45, 2.75) is 25.8 Å². The minimum atomic E-state index is -0.306. The number of amides is 2. The quantitative estimate of drug-likeness (QED) is 0.745. The van der Waals surface area contributed by atoms with Gasteiger partial charge in [-0.15, -0.1) is 0 Å². The van der Waals surface area contributed by atoms with Crippen LogP contribution in [0.2, 0.25) is 0 Å². The van der Waals surface area contributed by atoms with E-state index in [-0.39, 0.29) is 30.2 Å². The van der Waals surface area contributed by atoms with Crippen molar-refractivity contribution in [3.05, 3.63) is 59.7 Å². The zero-order chi connectivity index (χ0) is 20.8. The van der Waals surface area contributed by atoms with Crippen LogP contribution in [0.15, 0.2) is 48.5 Å². The van der Waals surface area contributed by atoms with E-state index in [1.54, 1.807) is 19.1 Å². The number of hydrogen-bond acceptors (Lipinski definition) is 4. The van der Waals surface area contributed by atoms with E-state index in [2.05, 4.69) is 5.32 Å². The Hall–Kier alpha value is -3.02. The first kappa shape index (κ1) is 20.7. The fourth-order valence-corrected chi connectivity index (χ4v) is 3.63. The van der Waals surface area contributed by atoms with Crippen molar-refractivity contribution in [3.8, 4) is 11.5 Å². The highest BCUT2D eigenvalue weighted by Crippen LogP contribution is 2.25. The van der Waals surface area contributed by atoms with Crippen LogP contribution in [-0.4, -0.2) is 44.0 Å². The number of methoxy groups -OCH3 is 2. The summed E-state index contributed by atoms with van der Waals surface area (Å²) in [6.45, 7) is 3.05. The molecule has 0 radical (unpaired) electrons. The fourth-order valence-electron chi connectivity index (χ4n) is 3.63. The summed E-state index contributed by atoms with van der Waals surface area (Å²) in [7, 11) is 3.26. The highest BCUT2D eigenvalue weighted by atomic mass is 16.5. The molecule has 2 aromatic rings. The van der Waals surface area contributed by atoms with E-state index < -0.39 is 0 Å². The Labute approximate surface area is 171 Å². The number of rotatable bonds is 8. The minimum absolute atomic E-state index is 0.0452. The van der Waals surface area contributed by atoms with E-state index in [0.717, 1.165) is 22.6 Å². The van der Waals surface area contributed by atoms with Crippen LogP contribution < -0.4 is 14.8 Å². The van der Waals surface area contributed by atoms with E-state index >= 15 is 0 Å². The molecule has 6 nitrogen and oxygen atoms in total. The lowest BCUT2D eigenvalue weighted by Crippen LogP contribution is -2.36. The van der Waals surface area contributed by atoms with Crippen LogP contribution >= 0.6 is 0 Å². The van der Waals surface area contributed by atoms with Gasteiger partial charge < -0.3 is 19.7 Å². The highest BCUT2D eigenvalue weighted by molar-refractivity contribution is 5.89. The number of carbonyl (C=O) groups excluding carboxylic acids is 2. The molecule has 2 atom stereocenters. The largest absolute Gasteiger partial charge is 0.497 e. The Morgan fingerprint density at radius 1 is 1.07 bits per heavy atom. The number of likely N-dealkylation sites (tertiary alicyclic amines) is 1. The maximum absolute atomic E-state index is 12.9. The first-order valence-corrected chi connectivity index (χ1v) is 9.89. The van der Waals surface area contributed by atoms with Gasteiger partial charge >= 0.3 is 0 Å². The number of nitrogens with zero attached hydrogens (tertiary/aromatic N) is 1. The van der Waals surface area contributed by atoms with E-state index in [1.807, 2.05) is 55.5 Å². The van der Waals surface area contributed by atoms with Crippen molar-refractivity contribution in [1.82, 2.24) is 10.2 Å². The van der Waals surface area contributed by atoms with Gasteiger partial charge in [-0.1, -0.05) is 24.3 Å². The lowest BCUT2D eigenvalue weighted by molar-refractivity contribution is -0.129. The van der Waals surface area contributed by atoms with Gasteiger partial charge in [0.2, 0.25) is 11.8 Å². The minimum Gasteiger partial charge on any atom is -0.497 e. The predicted octanol–water partition coefficient (Wildman–Crippen LogP) is 2.97. The lowest BCUT2D eigenvalue weighted by Gasteiger charge is -2.22. The number of benzene rings is 2. The van der Waals surface area contributed by atoms with Crippen molar-refractivity contribution in [2.24, 2.45) is 5.92 Å². The average molecular weight is 396 g/mol. The Balaban J connectivity index is 1.77. The van der Waals surface area contributed by atoms with Gasteiger partial charge in [-0.25, -0.2) is 0 Å². The summed E-state index contributed by atoms with van der Waals surface area (Å²) in [6, 6.07) is 15.3. The molecule has 0 saturated carbocycles. The Kier molecular flexibility index (Phi) is 6.75. The predicted molar refractivity (Wildman–Crippen MR) is 111 cm³/mol. The van der Waals surface area contributed by atoms with Gasteiger partial charge in [0.1, 0.15) is 11.5 Å². The fraction of sp³-hybridized carbons (Fsp3) is 0.391. The Morgan fingerprint density at radius 3 is 2.17 bits per heavy atom. The monoisotopic (exact) mass is 396 g/mol. The first-order valence-electron chi connectivity index (χ1n) is 9.89. The van der Waals surface area contributed by atoms with Crippen LogP contribution in [0.5, 0.6) is 11.5 Å². The second kappa shape index (κ2) is 9.45. The van der Waals surface area contributed by atoms with E-state index in [1.165, 1.54) is 0 Å². The molecular formula is C23H28N2O4. The summed E-state index contributed by atoms with van der Waals surface area (Å²) < 4.78 is 10.5. The summed E-state index contributed by atoms with van der Waals surface area (Å²) in [5.41, 5.74) is 2.08. The topological polar surface area (TPSA) is 67.9 Å². The zero-order valence-electron chi connectivity index (χ0n) is 17.2. The molecule has 1 fully saturated rings. The van der Waals surface area contributed by atoms with Gasteiger partial charge in [0.05, 0.1) is 26.2 Å². The molecule has 6 heteroatoms. The Morgan fingerprint density at radius 2 is 1.66 bits per heavy atom. The number of nitrogens with one attached hydrogen (secondary N) is 1. The maximum atomic E-state index is 12.9. The molecule has 1 aliphatic rings. The van der Waals surface area contributed by atoms with Crippen LogP contribution in [0.3, 0.4) is 0 Å². The van der Waals surface area contributed by atoms with Gasteiger partial charge in [-0.3, -0.25) is 9.59 Å². The third-order valence-corrected chi connectivity index (χ3v) is 5.40. The lowest BCUT2D eigenvalue weighted by atomic mass is 9.97. The van der Waals surface area contributed by atoms with Gasteiger partial charge in [-0.05, 0) is 48.7 Å². The third kappa shape index (κ3) is 5.08. The zero-order valence-corrected chi connectivity index (χ0v) is 17.2. The van der Waals surface area contributed by atoms with Gasteiger partial charge in [0.15, 0.2) is 0 Å². The van der Waals surface area contributed by atoms with Crippen LogP contribution in [0.25, 0.3) is 0 Å². The summed E-state index contributed by atoms with van der Waals surface area (Å²) in [6.07, 6.45) is 0.914.